The van der Waals surface area contributed by atoms with Crippen molar-refractivity contribution in [1.29, 1.82) is 0 Å². The van der Waals surface area contributed by atoms with Crippen molar-refractivity contribution in [2.24, 2.45) is 11.1 Å². The molecule has 0 radical (unpaired) electrons. The van der Waals surface area contributed by atoms with E-state index in [1.165, 1.54) is 42.7 Å². The molecule has 2 aliphatic heterocycles. The zero-order chi connectivity index (χ0) is 25.4. The number of nitrogens with two attached hydrogens (primary N) is 1. The fourth-order valence-electron chi connectivity index (χ4n) is 5.00. The Bertz CT molecular complexity index is 1360. The quantitative estimate of drug-likeness (QED) is 0.472. The molecule has 0 bridgehead atoms. The number of thiophene rings is 1. The smallest absolute Gasteiger partial charge is 0.263 e. The maximum atomic E-state index is 14.6. The molecule has 1 atom stereocenters. The van der Waals surface area contributed by atoms with Gasteiger partial charge in [0, 0.05) is 35.0 Å². The van der Waals surface area contributed by atoms with Crippen molar-refractivity contribution in [3.05, 3.63) is 70.4 Å². The van der Waals surface area contributed by atoms with Crippen LogP contribution in [0.4, 0.5) is 14.5 Å². The monoisotopic (exact) mass is 509 g/mol. The second kappa shape index (κ2) is 9.62. The number of benzene rings is 2. The first-order chi connectivity index (χ1) is 17.3. The Labute approximate surface area is 212 Å². The summed E-state index contributed by atoms with van der Waals surface area (Å²) in [5.41, 5.74) is 7.77. The molecule has 2 saturated heterocycles. The summed E-state index contributed by atoms with van der Waals surface area (Å²) in [6, 6.07) is 10.6. The molecular weight excluding hydrogens is 484 g/mol. The number of carbonyl (C=O) groups excluding carboxylic acids is 1. The Morgan fingerprint density at radius 3 is 2.50 bits per heavy atom. The van der Waals surface area contributed by atoms with Crippen molar-refractivity contribution in [2.75, 3.05) is 33.4 Å². The third-order valence-electron chi connectivity index (χ3n) is 7.26. The first-order valence-electron chi connectivity index (χ1n) is 11.6. The van der Waals surface area contributed by atoms with Crippen LogP contribution in [0.3, 0.4) is 0 Å². The summed E-state index contributed by atoms with van der Waals surface area (Å²) in [7, 11) is 1.39. The molecule has 36 heavy (non-hydrogen) atoms. The summed E-state index contributed by atoms with van der Waals surface area (Å²) in [6.07, 6.45) is 1.55. The van der Waals surface area contributed by atoms with Crippen LogP contribution in [-0.4, -0.2) is 50.3 Å². The van der Waals surface area contributed by atoms with Gasteiger partial charge < -0.3 is 20.1 Å². The molecular formula is C27H25F2N3O3S. The minimum Gasteiger partial charge on any atom is -0.494 e. The zero-order valence-electron chi connectivity index (χ0n) is 19.7. The summed E-state index contributed by atoms with van der Waals surface area (Å²) in [4.78, 5) is 19.6. The lowest BCUT2D eigenvalue weighted by Gasteiger charge is -2.40. The molecule has 5 rings (SSSR count). The molecule has 2 aromatic carbocycles. The zero-order valence-corrected chi connectivity index (χ0v) is 20.5. The van der Waals surface area contributed by atoms with Gasteiger partial charge in [-0.3, -0.25) is 4.79 Å². The number of hydrogen-bond donors (Lipinski definition) is 1. The molecule has 3 aromatic rings. The predicted octanol–water partition coefficient (Wildman–Crippen LogP) is 5.50. The van der Waals surface area contributed by atoms with Gasteiger partial charge in [-0.1, -0.05) is 12.1 Å². The fraction of sp³-hybridized carbons (Fsp3) is 0.333. The van der Waals surface area contributed by atoms with Crippen molar-refractivity contribution >= 4 is 22.9 Å². The number of hydrogen-bond acceptors (Lipinski definition) is 5. The summed E-state index contributed by atoms with van der Waals surface area (Å²) >= 11 is 1.24. The Morgan fingerprint density at radius 1 is 1.17 bits per heavy atom. The SMILES string of the molecule is [C-]#[N+]c1ccc(-c2cc(C(=O)N3CCC4(CC3)COCC4N)sc2-c2ccc(OC)c(F)c2)cc1F. The van der Waals surface area contributed by atoms with E-state index in [1.807, 2.05) is 4.90 Å². The normalized spacial score (nSPS) is 18.9. The second-order valence-corrected chi connectivity index (χ2v) is 10.3. The number of ether oxygens (including phenoxy) is 2. The van der Waals surface area contributed by atoms with E-state index in [1.54, 1.807) is 18.2 Å². The van der Waals surface area contributed by atoms with Crippen molar-refractivity contribution < 1.29 is 23.0 Å². The van der Waals surface area contributed by atoms with E-state index < -0.39 is 11.6 Å². The Kier molecular flexibility index (Phi) is 6.51. The Morgan fingerprint density at radius 2 is 1.89 bits per heavy atom. The highest BCUT2D eigenvalue weighted by atomic mass is 32.1. The predicted molar refractivity (Wildman–Crippen MR) is 134 cm³/mol. The first-order valence-corrected chi connectivity index (χ1v) is 12.4. The van der Waals surface area contributed by atoms with Gasteiger partial charge in [0.1, 0.15) is 5.82 Å². The summed E-state index contributed by atoms with van der Waals surface area (Å²) in [6.45, 7) is 9.43. The minimum atomic E-state index is -0.648. The number of nitrogens with zero attached hydrogens (tertiary/aromatic N) is 2. The largest absolute Gasteiger partial charge is 0.494 e. The molecule has 0 saturated carbocycles. The molecule has 2 fully saturated rings. The van der Waals surface area contributed by atoms with Crippen LogP contribution < -0.4 is 10.5 Å². The standard InChI is InChI=1S/C27H25F2N3O3S/c1-31-21-5-3-16(11-19(21)28)18-13-23(36-25(18)17-4-6-22(34-2)20(29)12-17)26(33)32-9-7-27(8-10-32)15-35-14-24(27)30/h3-6,11-13,24H,7-10,14-15,30H2,2H3. The van der Waals surface area contributed by atoms with E-state index in [4.69, 9.17) is 21.8 Å². The van der Waals surface area contributed by atoms with Gasteiger partial charge in [0.05, 0.1) is 31.8 Å². The van der Waals surface area contributed by atoms with Crippen LogP contribution in [0.2, 0.25) is 0 Å². The van der Waals surface area contributed by atoms with Crippen LogP contribution in [0, 0.1) is 23.6 Å². The highest BCUT2D eigenvalue weighted by Crippen LogP contribution is 2.43. The van der Waals surface area contributed by atoms with Gasteiger partial charge in [0.25, 0.3) is 5.91 Å². The number of amides is 1. The Balaban J connectivity index is 1.50. The molecule has 186 valence electrons. The van der Waals surface area contributed by atoms with Gasteiger partial charge >= 0.3 is 0 Å². The lowest BCUT2D eigenvalue weighted by Crippen LogP contribution is -2.50. The average molecular weight is 510 g/mol. The van der Waals surface area contributed by atoms with Crippen molar-refractivity contribution in [2.45, 2.75) is 18.9 Å². The van der Waals surface area contributed by atoms with E-state index in [9.17, 15) is 13.6 Å². The molecule has 2 N–H and O–H groups in total. The Hall–Kier alpha value is -3.32. The maximum Gasteiger partial charge on any atom is 0.263 e. The van der Waals surface area contributed by atoms with E-state index in [-0.39, 0.29) is 28.8 Å². The van der Waals surface area contributed by atoms with Gasteiger partial charge in [-0.25, -0.2) is 13.6 Å². The minimum absolute atomic E-state index is 0.0204. The fourth-order valence-corrected chi connectivity index (χ4v) is 6.14. The van der Waals surface area contributed by atoms with E-state index >= 15 is 0 Å². The van der Waals surface area contributed by atoms with Crippen molar-refractivity contribution in [3.63, 3.8) is 0 Å². The molecule has 9 heteroatoms. The van der Waals surface area contributed by atoms with Crippen LogP contribution in [0.25, 0.3) is 26.4 Å². The molecule has 1 aromatic heterocycles. The second-order valence-electron chi connectivity index (χ2n) is 9.26. The molecule has 1 spiro atoms. The lowest BCUT2D eigenvalue weighted by molar-refractivity contribution is 0.0515. The number of halogens is 2. The third-order valence-corrected chi connectivity index (χ3v) is 8.43. The van der Waals surface area contributed by atoms with Gasteiger partial charge in [-0.2, -0.15) is 0 Å². The molecule has 3 heterocycles. The van der Waals surface area contributed by atoms with Crippen molar-refractivity contribution in [1.82, 2.24) is 4.90 Å². The summed E-state index contributed by atoms with van der Waals surface area (Å²) in [5, 5.41) is 0. The van der Waals surface area contributed by atoms with Crippen LogP contribution >= 0.6 is 11.3 Å². The van der Waals surface area contributed by atoms with Crippen LogP contribution in [0.1, 0.15) is 22.5 Å². The van der Waals surface area contributed by atoms with E-state index in [0.717, 1.165) is 12.8 Å². The van der Waals surface area contributed by atoms with Crippen LogP contribution in [0.5, 0.6) is 5.75 Å². The van der Waals surface area contributed by atoms with Crippen LogP contribution in [0.15, 0.2) is 42.5 Å². The molecule has 2 aliphatic rings. The highest BCUT2D eigenvalue weighted by Gasteiger charge is 2.45. The number of carbonyl (C=O) groups is 1. The van der Waals surface area contributed by atoms with Gasteiger partial charge in [-0.05, 0) is 54.3 Å². The first kappa shape index (κ1) is 24.4. The summed E-state index contributed by atoms with van der Waals surface area (Å²) in [5.74, 6) is -1.20. The molecule has 1 amide bonds. The average Bonchev–Trinajstić information content (AvgIpc) is 3.48. The topological polar surface area (TPSA) is 69.2 Å². The number of likely N-dealkylation sites (tertiary alicyclic amines) is 1. The number of methoxy groups -OCH3 is 1. The summed E-state index contributed by atoms with van der Waals surface area (Å²) < 4.78 is 39.7. The lowest BCUT2D eigenvalue weighted by atomic mass is 9.75. The van der Waals surface area contributed by atoms with Gasteiger partial charge in [-0.15, -0.1) is 11.3 Å². The van der Waals surface area contributed by atoms with Crippen LogP contribution in [-0.2, 0) is 4.74 Å². The molecule has 1 unspecified atom stereocenters. The van der Waals surface area contributed by atoms with Gasteiger partial charge in [0.15, 0.2) is 11.6 Å². The van der Waals surface area contributed by atoms with Crippen molar-refractivity contribution in [3.8, 4) is 27.3 Å². The molecule has 0 aliphatic carbocycles. The number of piperidine rings is 1. The van der Waals surface area contributed by atoms with Gasteiger partial charge in [0.2, 0.25) is 5.69 Å². The third kappa shape index (κ3) is 4.26. The van der Waals surface area contributed by atoms with E-state index in [2.05, 4.69) is 4.85 Å². The highest BCUT2D eigenvalue weighted by molar-refractivity contribution is 7.18. The molecule has 6 nitrogen and oxygen atoms in total. The maximum absolute atomic E-state index is 14.6. The van der Waals surface area contributed by atoms with E-state index in [0.29, 0.717) is 52.7 Å². The number of rotatable bonds is 4.